The van der Waals surface area contributed by atoms with Crippen LogP contribution in [0.2, 0.25) is 0 Å². The second kappa shape index (κ2) is 4.83. The Balaban J connectivity index is 2.16. The lowest BCUT2D eigenvalue weighted by molar-refractivity contribution is 0.625. The highest BCUT2D eigenvalue weighted by Crippen LogP contribution is 2.37. The molecule has 2 aromatic rings. The van der Waals surface area contributed by atoms with E-state index in [2.05, 4.69) is 0 Å². The number of hydrogen-bond donors (Lipinski definition) is 1. The van der Waals surface area contributed by atoms with Gasteiger partial charge in [-0.15, -0.1) is 0 Å². The van der Waals surface area contributed by atoms with Crippen LogP contribution in [0.4, 0.5) is 20.2 Å². The summed E-state index contributed by atoms with van der Waals surface area (Å²) < 4.78 is 27.4. The maximum absolute atomic E-state index is 13.9. The molecule has 3 rings (SSSR count). The normalized spacial score (nSPS) is 13.4. The van der Waals surface area contributed by atoms with Crippen LogP contribution in [0, 0.1) is 11.6 Å². The van der Waals surface area contributed by atoms with E-state index in [1.165, 1.54) is 18.2 Å². The van der Waals surface area contributed by atoms with E-state index in [9.17, 15) is 8.78 Å². The Hall–Kier alpha value is -2.01. The van der Waals surface area contributed by atoms with E-state index in [0.717, 1.165) is 17.7 Å². The standard InChI is InChI=1S/C15H12F2N2S/c16-10-5-4-9-6-7-19(13(9)8-10)12-3-1-2-11(17)14(12)15(18)20/h1-5,8H,6-7H2,(H2,18,20). The first-order valence-electron chi connectivity index (χ1n) is 6.22. The van der Waals surface area contributed by atoms with Crippen molar-refractivity contribution in [1.29, 1.82) is 0 Å². The van der Waals surface area contributed by atoms with Gasteiger partial charge in [0.25, 0.3) is 0 Å². The van der Waals surface area contributed by atoms with Crippen LogP contribution < -0.4 is 10.6 Å². The van der Waals surface area contributed by atoms with Gasteiger partial charge < -0.3 is 10.6 Å². The molecule has 0 fully saturated rings. The number of thiocarbonyl (C=S) groups is 1. The number of hydrogen-bond acceptors (Lipinski definition) is 2. The Bertz CT molecular complexity index is 700. The van der Waals surface area contributed by atoms with Gasteiger partial charge in [-0.1, -0.05) is 24.4 Å². The van der Waals surface area contributed by atoms with E-state index >= 15 is 0 Å². The maximum Gasteiger partial charge on any atom is 0.135 e. The van der Waals surface area contributed by atoms with Crippen molar-refractivity contribution in [2.75, 3.05) is 11.4 Å². The Morgan fingerprint density at radius 2 is 1.95 bits per heavy atom. The molecule has 2 N–H and O–H groups in total. The van der Waals surface area contributed by atoms with Crippen LogP contribution in [0.5, 0.6) is 0 Å². The van der Waals surface area contributed by atoms with Gasteiger partial charge in [-0.05, 0) is 36.2 Å². The zero-order valence-electron chi connectivity index (χ0n) is 10.6. The van der Waals surface area contributed by atoms with Gasteiger partial charge in [-0.25, -0.2) is 8.78 Å². The zero-order chi connectivity index (χ0) is 14.3. The van der Waals surface area contributed by atoms with Crippen molar-refractivity contribution < 1.29 is 8.78 Å². The minimum atomic E-state index is -0.458. The van der Waals surface area contributed by atoms with Crippen LogP contribution in [0.3, 0.4) is 0 Å². The fraction of sp³-hybridized carbons (Fsp3) is 0.133. The molecule has 1 aliphatic rings. The van der Waals surface area contributed by atoms with E-state index < -0.39 is 5.82 Å². The van der Waals surface area contributed by atoms with E-state index in [4.69, 9.17) is 18.0 Å². The fourth-order valence-corrected chi connectivity index (χ4v) is 2.79. The molecule has 0 bridgehead atoms. The van der Waals surface area contributed by atoms with E-state index in [0.29, 0.717) is 12.2 Å². The molecular formula is C15H12F2N2S. The van der Waals surface area contributed by atoms with Crippen LogP contribution in [-0.4, -0.2) is 11.5 Å². The summed E-state index contributed by atoms with van der Waals surface area (Å²) in [5, 5.41) is 0. The largest absolute Gasteiger partial charge is 0.389 e. The monoisotopic (exact) mass is 290 g/mol. The summed E-state index contributed by atoms with van der Waals surface area (Å²) in [6.07, 6.45) is 0.781. The molecular weight excluding hydrogens is 278 g/mol. The smallest absolute Gasteiger partial charge is 0.135 e. The van der Waals surface area contributed by atoms with Crippen LogP contribution in [0.1, 0.15) is 11.1 Å². The summed E-state index contributed by atoms with van der Waals surface area (Å²) in [7, 11) is 0. The third-order valence-electron chi connectivity index (χ3n) is 3.47. The summed E-state index contributed by atoms with van der Waals surface area (Å²) >= 11 is 4.93. The first kappa shape index (κ1) is 13.0. The number of fused-ring (bicyclic) bond motifs is 1. The summed E-state index contributed by atoms with van der Waals surface area (Å²) in [5.74, 6) is -0.774. The van der Waals surface area contributed by atoms with Crippen molar-refractivity contribution in [2.45, 2.75) is 6.42 Å². The average Bonchev–Trinajstić information content (AvgIpc) is 2.80. The molecule has 0 aromatic heterocycles. The summed E-state index contributed by atoms with van der Waals surface area (Å²) in [5.41, 5.74) is 8.19. The number of nitrogens with two attached hydrogens (primary N) is 1. The van der Waals surface area contributed by atoms with Gasteiger partial charge in [0, 0.05) is 12.2 Å². The summed E-state index contributed by atoms with van der Waals surface area (Å²) in [6.45, 7) is 0.651. The van der Waals surface area contributed by atoms with E-state index in [1.807, 2.05) is 4.90 Å². The predicted octanol–water partition coefficient (Wildman–Crippen LogP) is 3.29. The van der Waals surface area contributed by atoms with Gasteiger partial charge in [0.1, 0.15) is 16.6 Å². The molecule has 0 saturated heterocycles. The Kier molecular flexibility index (Phi) is 3.14. The SMILES string of the molecule is NC(=S)c1c(F)cccc1N1CCc2ccc(F)cc21. The predicted molar refractivity (Wildman–Crippen MR) is 79.4 cm³/mol. The number of anilines is 2. The van der Waals surface area contributed by atoms with Gasteiger partial charge in [-0.3, -0.25) is 0 Å². The molecule has 20 heavy (non-hydrogen) atoms. The van der Waals surface area contributed by atoms with Gasteiger partial charge >= 0.3 is 0 Å². The van der Waals surface area contributed by atoms with Crippen LogP contribution in [0.15, 0.2) is 36.4 Å². The molecule has 5 heteroatoms. The number of halogens is 2. The van der Waals surface area contributed by atoms with Crippen molar-refractivity contribution in [3.8, 4) is 0 Å². The lowest BCUT2D eigenvalue weighted by atomic mass is 10.1. The minimum absolute atomic E-state index is 0.00273. The van der Waals surface area contributed by atoms with Crippen LogP contribution in [-0.2, 0) is 6.42 Å². The molecule has 0 atom stereocenters. The zero-order valence-corrected chi connectivity index (χ0v) is 11.4. The molecule has 0 amide bonds. The van der Waals surface area contributed by atoms with Gasteiger partial charge in [0.05, 0.1) is 11.3 Å². The van der Waals surface area contributed by atoms with Crippen molar-refractivity contribution in [3.63, 3.8) is 0 Å². The lowest BCUT2D eigenvalue weighted by Gasteiger charge is -2.22. The maximum atomic E-state index is 13.9. The Labute approximate surface area is 120 Å². The van der Waals surface area contributed by atoms with E-state index in [1.54, 1.807) is 18.2 Å². The first-order valence-corrected chi connectivity index (χ1v) is 6.63. The highest BCUT2D eigenvalue weighted by atomic mass is 32.1. The minimum Gasteiger partial charge on any atom is -0.389 e. The third-order valence-corrected chi connectivity index (χ3v) is 3.68. The molecule has 102 valence electrons. The second-order valence-corrected chi connectivity index (χ2v) is 5.11. The quantitative estimate of drug-likeness (QED) is 0.861. The molecule has 1 heterocycles. The van der Waals surface area contributed by atoms with E-state index in [-0.39, 0.29) is 16.4 Å². The molecule has 1 aliphatic heterocycles. The molecule has 0 saturated carbocycles. The fourth-order valence-electron chi connectivity index (χ4n) is 2.58. The number of nitrogens with zero attached hydrogens (tertiary/aromatic N) is 1. The van der Waals surface area contributed by atoms with Crippen LogP contribution in [0.25, 0.3) is 0 Å². The van der Waals surface area contributed by atoms with Crippen molar-refractivity contribution in [3.05, 3.63) is 59.2 Å². The second-order valence-electron chi connectivity index (χ2n) is 4.67. The highest BCUT2D eigenvalue weighted by Gasteiger charge is 2.24. The van der Waals surface area contributed by atoms with Crippen molar-refractivity contribution in [1.82, 2.24) is 0 Å². The molecule has 0 radical (unpaired) electrons. The first-order chi connectivity index (χ1) is 9.58. The molecule has 2 aromatic carbocycles. The van der Waals surface area contributed by atoms with Gasteiger partial charge in [-0.2, -0.15) is 0 Å². The van der Waals surface area contributed by atoms with Gasteiger partial charge in [0.2, 0.25) is 0 Å². The van der Waals surface area contributed by atoms with Crippen molar-refractivity contribution >= 4 is 28.6 Å². The molecule has 0 unspecified atom stereocenters. The summed E-state index contributed by atoms with van der Waals surface area (Å²) in [4.78, 5) is 1.86. The Morgan fingerprint density at radius 3 is 2.70 bits per heavy atom. The average molecular weight is 290 g/mol. The third kappa shape index (κ3) is 2.04. The van der Waals surface area contributed by atoms with Crippen molar-refractivity contribution in [2.24, 2.45) is 5.73 Å². The molecule has 2 nitrogen and oxygen atoms in total. The van der Waals surface area contributed by atoms with Crippen LogP contribution >= 0.6 is 12.2 Å². The highest BCUT2D eigenvalue weighted by molar-refractivity contribution is 7.80. The van der Waals surface area contributed by atoms with Gasteiger partial charge in [0.15, 0.2) is 0 Å². The topological polar surface area (TPSA) is 29.3 Å². The number of benzene rings is 2. The summed E-state index contributed by atoms with van der Waals surface area (Å²) in [6, 6.07) is 9.31. The Morgan fingerprint density at radius 1 is 1.15 bits per heavy atom. The molecule has 0 aliphatic carbocycles. The number of rotatable bonds is 2. The molecule has 0 spiro atoms. The lowest BCUT2D eigenvalue weighted by Crippen LogP contribution is -2.21.